The summed E-state index contributed by atoms with van der Waals surface area (Å²) in [4.78, 5) is 45.6. The molecule has 26 heavy (non-hydrogen) atoms. The van der Waals surface area contributed by atoms with Gasteiger partial charge in [0.25, 0.3) is 0 Å². The lowest BCUT2D eigenvalue weighted by Crippen LogP contribution is -2.18. The monoisotopic (exact) mass is 372 g/mol. The Labute approximate surface area is 154 Å². The molecular weight excluding hydrogens is 344 g/mol. The van der Waals surface area contributed by atoms with Crippen molar-refractivity contribution in [2.24, 2.45) is 0 Å². The number of hydrogen-bond donors (Lipinski definition) is 0. The fourth-order valence-corrected chi connectivity index (χ4v) is 1.54. The molecule has 1 rings (SSSR count). The summed E-state index contributed by atoms with van der Waals surface area (Å²) in [6, 6.07) is 6.08. The molecule has 8 heteroatoms. The van der Waals surface area contributed by atoms with Crippen LogP contribution in [0.15, 0.2) is 24.3 Å². The van der Waals surface area contributed by atoms with Crippen LogP contribution < -0.4 is 0 Å². The van der Waals surface area contributed by atoms with Crippen molar-refractivity contribution in [2.75, 3.05) is 20.7 Å². The highest BCUT2D eigenvalue weighted by Crippen LogP contribution is 2.11. The van der Waals surface area contributed by atoms with E-state index in [-0.39, 0.29) is 46.0 Å². The molecule has 0 aliphatic carbocycles. The van der Waals surface area contributed by atoms with E-state index in [1.54, 1.807) is 12.1 Å². The van der Waals surface area contributed by atoms with Gasteiger partial charge in [-0.2, -0.15) is 0 Å². The number of rotatable bonds is 8. The van der Waals surface area contributed by atoms with E-state index < -0.39 is 31.1 Å². The van der Waals surface area contributed by atoms with Gasteiger partial charge in [-0.05, 0) is 13.0 Å². The van der Waals surface area contributed by atoms with Gasteiger partial charge in [0.05, 0.1) is 5.56 Å². The second-order valence-corrected chi connectivity index (χ2v) is 4.27. The second-order valence-electron chi connectivity index (χ2n) is 4.27. The average Bonchev–Trinajstić information content (AvgIpc) is 2.52. The van der Waals surface area contributed by atoms with Crippen LogP contribution in [0.2, 0.25) is 0 Å². The molecule has 8 nitrogen and oxygen atoms in total. The van der Waals surface area contributed by atoms with Crippen molar-refractivity contribution in [3.63, 3.8) is 0 Å². The van der Waals surface area contributed by atoms with Gasteiger partial charge in [0, 0.05) is 12.7 Å². The van der Waals surface area contributed by atoms with E-state index in [0.29, 0.717) is 0 Å². The summed E-state index contributed by atoms with van der Waals surface area (Å²) in [5.41, 5.74) is 0.266. The lowest BCUT2D eigenvalue weighted by Gasteiger charge is -2.08. The van der Waals surface area contributed by atoms with Crippen molar-refractivity contribution in [2.45, 2.75) is 35.6 Å². The summed E-state index contributed by atoms with van der Waals surface area (Å²) < 4.78 is 18.3. The topological polar surface area (TPSA) is 105 Å². The summed E-state index contributed by atoms with van der Waals surface area (Å²) in [6.45, 7) is 0.363. The Bertz CT molecular complexity index is 595. The normalized spacial score (nSPS) is 8.69. The summed E-state index contributed by atoms with van der Waals surface area (Å²) >= 11 is 0. The molecule has 0 N–H and O–H groups in total. The van der Waals surface area contributed by atoms with E-state index in [0.717, 1.165) is 0 Å². The van der Waals surface area contributed by atoms with Gasteiger partial charge in [0.2, 0.25) is 6.79 Å². The minimum absolute atomic E-state index is 0. The first-order valence-corrected chi connectivity index (χ1v) is 6.53. The van der Waals surface area contributed by atoms with Gasteiger partial charge in [0.1, 0.15) is 6.42 Å². The molecule has 0 aliphatic heterocycles. The van der Waals surface area contributed by atoms with Gasteiger partial charge in [-0.3, -0.25) is 14.4 Å². The maximum absolute atomic E-state index is 11.8. The molecule has 0 spiro atoms. The zero-order valence-corrected chi connectivity index (χ0v) is 12.7. The molecule has 0 unspecified atom stereocenters. The molecule has 0 bridgehead atoms. The number of ether oxygens (including phenoxy) is 4. The Balaban J connectivity index is -0.00000176. The van der Waals surface area contributed by atoms with Crippen molar-refractivity contribution < 1.29 is 38.1 Å². The molecule has 0 saturated heterocycles. The van der Waals surface area contributed by atoms with Crippen LogP contribution in [0.1, 0.15) is 56.3 Å². The van der Waals surface area contributed by atoms with Gasteiger partial charge in [-0.25, -0.2) is 4.79 Å². The van der Waals surface area contributed by atoms with Crippen LogP contribution >= 0.6 is 0 Å². The molecular formula is C18H28O8. The van der Waals surface area contributed by atoms with Crippen molar-refractivity contribution >= 4 is 23.7 Å². The molecule has 0 saturated carbocycles. The lowest BCUT2D eigenvalue weighted by molar-refractivity contribution is -0.164. The van der Waals surface area contributed by atoms with E-state index >= 15 is 0 Å². The van der Waals surface area contributed by atoms with Crippen LogP contribution in [0, 0.1) is 0 Å². The van der Waals surface area contributed by atoms with E-state index in [4.69, 9.17) is 4.74 Å². The highest BCUT2D eigenvalue weighted by atomic mass is 16.7. The molecule has 148 valence electrons. The Hall–Kier alpha value is -2.74. The molecule has 0 radical (unpaired) electrons. The number of carbonyl (C=O) groups excluding carboxylic acids is 4. The largest absolute Gasteiger partial charge is 0.438 e. The van der Waals surface area contributed by atoms with E-state index in [1.165, 1.54) is 26.2 Å². The van der Waals surface area contributed by atoms with Gasteiger partial charge in [0.15, 0.2) is 12.6 Å². The fraction of sp³-hybridized carbons (Fsp3) is 0.444. The minimum atomic E-state index is -0.918. The van der Waals surface area contributed by atoms with Crippen LogP contribution in [-0.2, 0) is 28.5 Å². The van der Waals surface area contributed by atoms with Gasteiger partial charge in [-0.15, -0.1) is 0 Å². The number of ketones is 1. The summed E-state index contributed by atoms with van der Waals surface area (Å²) in [7, 11) is 1.32. The molecule has 0 amide bonds. The second kappa shape index (κ2) is 14.6. The number of hydrogen-bond acceptors (Lipinski definition) is 8. The Morgan fingerprint density at radius 1 is 0.808 bits per heavy atom. The molecule has 0 fully saturated rings. The third-order valence-electron chi connectivity index (χ3n) is 2.56. The number of esters is 3. The van der Waals surface area contributed by atoms with Gasteiger partial charge < -0.3 is 18.9 Å². The van der Waals surface area contributed by atoms with E-state index in [2.05, 4.69) is 14.2 Å². The highest BCUT2D eigenvalue weighted by molar-refractivity contribution is 6.05. The van der Waals surface area contributed by atoms with Crippen LogP contribution in [0.5, 0.6) is 0 Å². The van der Waals surface area contributed by atoms with E-state index in [9.17, 15) is 19.2 Å². The van der Waals surface area contributed by atoms with E-state index in [1.807, 2.05) is 0 Å². The van der Waals surface area contributed by atoms with Crippen LogP contribution in [-0.4, -0.2) is 44.4 Å². The molecule has 1 aromatic carbocycles. The first-order chi connectivity index (χ1) is 11.0. The molecule has 0 aromatic heterocycles. The number of benzene rings is 1. The predicted molar refractivity (Wildman–Crippen MR) is 95.6 cm³/mol. The molecule has 1 aromatic rings. The zero-order chi connectivity index (χ0) is 17.2. The summed E-state index contributed by atoms with van der Waals surface area (Å²) in [5, 5.41) is 0. The zero-order valence-electron chi connectivity index (χ0n) is 12.7. The highest BCUT2D eigenvalue weighted by Gasteiger charge is 2.16. The SMILES string of the molecule is C.C.C.COCOC(=O)CC(=O)OCOC(=O)c1ccccc1C(C)=O. The predicted octanol–water partition coefficient (Wildman–Crippen LogP) is 2.99. The van der Waals surface area contributed by atoms with Crippen molar-refractivity contribution in [3.05, 3.63) is 35.4 Å². The third-order valence-corrected chi connectivity index (χ3v) is 2.56. The molecule has 0 heterocycles. The number of Topliss-reactive ketones (excluding diaryl/α,β-unsaturated/α-hetero) is 1. The standard InChI is InChI=1S/C15H16O8.3CH4/c1-10(16)11-5-3-4-6-12(11)15(19)23-9-22-14(18)7-13(17)21-8-20-2;;;/h3-6H,7-9H2,1-2H3;3*1H4. The maximum atomic E-state index is 11.8. The van der Waals surface area contributed by atoms with Crippen molar-refractivity contribution in [3.8, 4) is 0 Å². The average molecular weight is 372 g/mol. The Kier molecular flexibility index (Phi) is 15.8. The fourth-order valence-electron chi connectivity index (χ4n) is 1.54. The number of carbonyl (C=O) groups is 4. The van der Waals surface area contributed by atoms with Gasteiger partial charge >= 0.3 is 17.9 Å². The Morgan fingerprint density at radius 3 is 1.81 bits per heavy atom. The maximum Gasteiger partial charge on any atom is 0.341 e. The quantitative estimate of drug-likeness (QED) is 0.297. The van der Waals surface area contributed by atoms with Crippen LogP contribution in [0.25, 0.3) is 0 Å². The third kappa shape index (κ3) is 9.53. The summed E-state index contributed by atoms with van der Waals surface area (Å²) in [5.74, 6) is -2.86. The van der Waals surface area contributed by atoms with Crippen LogP contribution in [0.3, 0.4) is 0 Å². The van der Waals surface area contributed by atoms with Crippen molar-refractivity contribution in [1.29, 1.82) is 0 Å². The molecule has 0 aliphatic rings. The van der Waals surface area contributed by atoms with Crippen molar-refractivity contribution in [1.82, 2.24) is 0 Å². The van der Waals surface area contributed by atoms with Gasteiger partial charge in [-0.1, -0.05) is 40.5 Å². The molecule has 0 atom stereocenters. The summed E-state index contributed by atoms with van der Waals surface area (Å²) in [6.07, 6.45) is -0.634. The lowest BCUT2D eigenvalue weighted by atomic mass is 10.0. The minimum Gasteiger partial charge on any atom is -0.438 e. The smallest absolute Gasteiger partial charge is 0.341 e. The number of methoxy groups -OCH3 is 1. The Morgan fingerprint density at radius 2 is 1.31 bits per heavy atom. The first-order valence-electron chi connectivity index (χ1n) is 6.53. The first kappa shape index (κ1) is 28.1. The van der Waals surface area contributed by atoms with Crippen LogP contribution in [0.4, 0.5) is 0 Å².